The van der Waals surface area contributed by atoms with Crippen molar-refractivity contribution in [3.05, 3.63) is 0 Å². The normalized spacial score (nSPS) is 18.2. The Hall–Kier alpha value is -1.81. The van der Waals surface area contributed by atoms with Crippen molar-refractivity contribution in [3.63, 3.8) is 0 Å². The van der Waals surface area contributed by atoms with Crippen LogP contribution in [0.3, 0.4) is 0 Å². The molecule has 1 aliphatic heterocycles. The van der Waals surface area contributed by atoms with E-state index in [4.69, 9.17) is 4.74 Å². The Morgan fingerprint density at radius 3 is 2.52 bits per heavy atom. The predicted molar refractivity (Wildman–Crippen MR) is 120 cm³/mol. The number of thioether (sulfide) groups is 1. The Morgan fingerprint density at radius 1 is 1.26 bits per heavy atom. The van der Waals surface area contributed by atoms with E-state index in [0.29, 0.717) is 31.4 Å². The number of nitrogens with one attached hydrogen (secondary N) is 3. The molecule has 1 heterocycles. The summed E-state index contributed by atoms with van der Waals surface area (Å²) in [5, 5.41) is 17.4. The Kier molecular flexibility index (Phi) is 11.9. The molecule has 1 fully saturated rings. The number of hydrogen-bond donors (Lipinski definition) is 4. The van der Waals surface area contributed by atoms with E-state index in [-0.39, 0.29) is 18.2 Å². The van der Waals surface area contributed by atoms with Crippen molar-refractivity contribution < 1.29 is 29.0 Å². The quantitative estimate of drug-likeness (QED) is 0.217. The second-order valence-corrected chi connectivity index (χ2v) is 9.43. The van der Waals surface area contributed by atoms with Crippen molar-refractivity contribution >= 4 is 35.5 Å². The van der Waals surface area contributed by atoms with Crippen LogP contribution in [0.1, 0.15) is 72.1 Å². The maximum atomic E-state index is 12.5. The second-order valence-electron chi connectivity index (χ2n) is 8.45. The van der Waals surface area contributed by atoms with Crippen LogP contribution in [0.25, 0.3) is 0 Å². The number of carbonyl (C=O) groups excluding carboxylic acids is 3. The van der Waals surface area contributed by atoms with Crippen LogP contribution in [0.2, 0.25) is 0 Å². The summed E-state index contributed by atoms with van der Waals surface area (Å²) in [6, 6.07) is -1.51. The van der Waals surface area contributed by atoms with E-state index in [0.717, 1.165) is 19.3 Å². The molecule has 31 heavy (non-hydrogen) atoms. The lowest BCUT2D eigenvalue weighted by atomic mass is 10.0. The molecular formula is C21H37N3O6S. The molecule has 9 nitrogen and oxygen atoms in total. The molecule has 3 amide bonds. The third-order valence-electron chi connectivity index (χ3n) is 4.98. The van der Waals surface area contributed by atoms with Gasteiger partial charge in [0.05, 0.1) is 12.0 Å². The van der Waals surface area contributed by atoms with Gasteiger partial charge in [0.25, 0.3) is 0 Å². The van der Waals surface area contributed by atoms with E-state index in [1.165, 1.54) is 11.8 Å². The lowest BCUT2D eigenvalue weighted by molar-refractivity contribution is -0.146. The van der Waals surface area contributed by atoms with Gasteiger partial charge in [0.15, 0.2) is 0 Å². The number of hydrogen-bond acceptors (Lipinski definition) is 6. The van der Waals surface area contributed by atoms with Crippen LogP contribution in [0.5, 0.6) is 0 Å². The molecule has 0 aromatic carbocycles. The molecule has 1 aliphatic rings. The Labute approximate surface area is 188 Å². The highest BCUT2D eigenvalue weighted by atomic mass is 32.2. The number of carbonyl (C=O) groups is 4. The maximum absolute atomic E-state index is 12.5. The number of amides is 3. The average molecular weight is 460 g/mol. The second kappa shape index (κ2) is 13.6. The number of rotatable bonds is 15. The summed E-state index contributed by atoms with van der Waals surface area (Å²) in [7, 11) is 0. The van der Waals surface area contributed by atoms with Crippen LogP contribution < -0.4 is 16.0 Å². The van der Waals surface area contributed by atoms with Gasteiger partial charge in [-0.3, -0.25) is 14.4 Å². The van der Waals surface area contributed by atoms with Crippen molar-refractivity contribution in [2.24, 2.45) is 0 Å². The van der Waals surface area contributed by atoms with Gasteiger partial charge in [-0.15, -0.1) is 0 Å². The molecule has 0 spiro atoms. The standard InChI is InChI=1S/C21H37N3O6S/c1-5-6-7-8-18(24-19(27)14-9-10-16(25)22-14)30-21(2,3)13-17(26)23-15(20(28)29)11-12-31-4/h14-15,18H,5-13H2,1-4H3,(H,22,25)(H,23,26)(H,24,27)(H,28,29)/t14-,15-,18?/m0/s1. The highest BCUT2D eigenvalue weighted by Gasteiger charge is 2.32. The third kappa shape index (κ3) is 10.9. The smallest absolute Gasteiger partial charge is 0.326 e. The SMILES string of the molecule is CCCCCC(NC(=O)[C@@H]1CCC(=O)N1)OC(C)(C)CC(=O)N[C@@H](CCSC)C(=O)O. The number of aliphatic carboxylic acids is 1. The van der Waals surface area contributed by atoms with Crippen molar-refractivity contribution in [2.75, 3.05) is 12.0 Å². The third-order valence-corrected chi connectivity index (χ3v) is 5.62. The first-order valence-electron chi connectivity index (χ1n) is 10.9. The number of unbranched alkanes of at least 4 members (excludes halogenated alkanes) is 2. The van der Waals surface area contributed by atoms with E-state index in [1.54, 1.807) is 13.8 Å². The first kappa shape index (κ1) is 27.2. The van der Waals surface area contributed by atoms with Crippen LogP contribution in [0.15, 0.2) is 0 Å². The minimum absolute atomic E-state index is 0.0453. The van der Waals surface area contributed by atoms with Gasteiger partial charge in [-0.1, -0.05) is 19.8 Å². The molecule has 0 aromatic rings. The molecule has 0 saturated carbocycles. The van der Waals surface area contributed by atoms with Crippen LogP contribution >= 0.6 is 11.8 Å². The molecule has 1 unspecified atom stereocenters. The van der Waals surface area contributed by atoms with Gasteiger partial charge in [-0.05, 0) is 51.5 Å². The topological polar surface area (TPSA) is 134 Å². The van der Waals surface area contributed by atoms with Gasteiger partial charge in [-0.25, -0.2) is 4.79 Å². The monoisotopic (exact) mass is 459 g/mol. The zero-order valence-corrected chi connectivity index (χ0v) is 19.8. The molecule has 0 aliphatic carbocycles. The number of carboxylic acids is 1. The molecule has 0 bridgehead atoms. The zero-order chi connectivity index (χ0) is 23.4. The van der Waals surface area contributed by atoms with Gasteiger partial charge in [0, 0.05) is 6.42 Å². The van der Waals surface area contributed by atoms with Crippen LogP contribution in [-0.2, 0) is 23.9 Å². The Balaban J connectivity index is 2.69. The highest BCUT2D eigenvalue weighted by Crippen LogP contribution is 2.20. The molecule has 178 valence electrons. The minimum Gasteiger partial charge on any atom is -0.480 e. The van der Waals surface area contributed by atoms with Crippen LogP contribution in [0.4, 0.5) is 0 Å². The van der Waals surface area contributed by atoms with E-state index in [1.807, 2.05) is 6.26 Å². The molecule has 0 aromatic heterocycles. The summed E-state index contributed by atoms with van der Waals surface area (Å²) in [6.07, 6.45) is 5.75. The van der Waals surface area contributed by atoms with Crippen molar-refractivity contribution in [1.82, 2.24) is 16.0 Å². The lowest BCUT2D eigenvalue weighted by Crippen LogP contribution is -2.50. The molecule has 4 N–H and O–H groups in total. The fraction of sp³-hybridized carbons (Fsp3) is 0.810. The molecule has 3 atom stereocenters. The van der Waals surface area contributed by atoms with Gasteiger partial charge >= 0.3 is 5.97 Å². The fourth-order valence-corrected chi connectivity index (χ4v) is 3.83. The van der Waals surface area contributed by atoms with E-state index in [9.17, 15) is 24.3 Å². The zero-order valence-electron chi connectivity index (χ0n) is 19.0. The summed E-state index contributed by atoms with van der Waals surface area (Å²) in [6.45, 7) is 5.55. The first-order chi connectivity index (χ1) is 14.6. The molecule has 0 radical (unpaired) electrons. The summed E-state index contributed by atoms with van der Waals surface area (Å²) in [5.74, 6) is -1.30. The van der Waals surface area contributed by atoms with Crippen molar-refractivity contribution in [3.8, 4) is 0 Å². The number of carboxylic acid groups (broad SMARTS) is 1. The molecule has 10 heteroatoms. The predicted octanol–water partition coefficient (Wildman–Crippen LogP) is 1.80. The van der Waals surface area contributed by atoms with E-state index >= 15 is 0 Å². The van der Waals surface area contributed by atoms with Gasteiger partial charge < -0.3 is 25.8 Å². The maximum Gasteiger partial charge on any atom is 0.326 e. The summed E-state index contributed by atoms with van der Waals surface area (Å²) < 4.78 is 6.08. The Bertz CT molecular complexity index is 628. The summed E-state index contributed by atoms with van der Waals surface area (Å²) in [4.78, 5) is 47.7. The lowest BCUT2D eigenvalue weighted by Gasteiger charge is -2.32. The van der Waals surface area contributed by atoms with Crippen molar-refractivity contribution in [1.29, 1.82) is 0 Å². The fourth-order valence-electron chi connectivity index (χ4n) is 3.36. The van der Waals surface area contributed by atoms with Crippen LogP contribution in [0, 0.1) is 0 Å². The first-order valence-corrected chi connectivity index (χ1v) is 12.3. The molecular weight excluding hydrogens is 422 g/mol. The highest BCUT2D eigenvalue weighted by molar-refractivity contribution is 7.98. The minimum atomic E-state index is -1.07. The Morgan fingerprint density at radius 2 is 1.97 bits per heavy atom. The number of ether oxygens (including phenoxy) is 1. The van der Waals surface area contributed by atoms with Crippen LogP contribution in [-0.4, -0.2) is 64.7 Å². The van der Waals surface area contributed by atoms with E-state index < -0.39 is 35.8 Å². The average Bonchev–Trinajstić information content (AvgIpc) is 3.10. The summed E-state index contributed by atoms with van der Waals surface area (Å²) in [5.41, 5.74) is -0.921. The van der Waals surface area contributed by atoms with Gasteiger partial charge in [-0.2, -0.15) is 11.8 Å². The largest absolute Gasteiger partial charge is 0.480 e. The van der Waals surface area contributed by atoms with E-state index in [2.05, 4.69) is 22.9 Å². The van der Waals surface area contributed by atoms with Crippen molar-refractivity contribution in [2.45, 2.75) is 96.1 Å². The summed E-state index contributed by atoms with van der Waals surface area (Å²) >= 11 is 1.52. The molecule has 1 rings (SSSR count). The molecule has 1 saturated heterocycles. The van der Waals surface area contributed by atoms with Gasteiger partial charge in [0.1, 0.15) is 18.3 Å². The van der Waals surface area contributed by atoms with Gasteiger partial charge in [0.2, 0.25) is 17.7 Å².